The van der Waals surface area contributed by atoms with Crippen LogP contribution in [0.1, 0.15) is 68.0 Å². The Labute approximate surface area is 347 Å². The van der Waals surface area contributed by atoms with Crippen molar-refractivity contribution in [2.75, 3.05) is 71.5 Å². The number of benzene rings is 4. The van der Waals surface area contributed by atoms with Gasteiger partial charge in [0.1, 0.15) is 30.4 Å². The number of rotatable bonds is 11. The maximum Gasteiger partial charge on any atom is 0.410 e. The summed E-state index contributed by atoms with van der Waals surface area (Å²) in [6.45, 7) is 10.4. The molecule has 2 atom stereocenters. The third-order valence-corrected chi connectivity index (χ3v) is 11.4. The Balaban J connectivity index is 0.000000213. The van der Waals surface area contributed by atoms with Gasteiger partial charge in [0.15, 0.2) is 23.1 Å². The van der Waals surface area contributed by atoms with E-state index in [-0.39, 0.29) is 23.6 Å². The van der Waals surface area contributed by atoms with Crippen LogP contribution in [0.3, 0.4) is 0 Å². The van der Waals surface area contributed by atoms with Gasteiger partial charge in [-0.3, -0.25) is 9.80 Å². The number of ether oxygens (including phenoxy) is 3. The molecule has 1 amide bonds. The number of halogens is 5. The normalized spacial score (nSPS) is 17.5. The van der Waals surface area contributed by atoms with E-state index in [1.54, 1.807) is 4.90 Å². The zero-order valence-electron chi connectivity index (χ0n) is 33.9. The summed E-state index contributed by atoms with van der Waals surface area (Å²) in [6, 6.07) is 20.4. The van der Waals surface area contributed by atoms with Crippen LogP contribution in [-0.4, -0.2) is 93.0 Å². The highest BCUT2D eigenvalue weighted by molar-refractivity contribution is 9.10. The molecule has 4 aromatic carbocycles. The van der Waals surface area contributed by atoms with Crippen LogP contribution < -0.4 is 14.4 Å². The van der Waals surface area contributed by atoms with Crippen LogP contribution in [0.25, 0.3) is 0 Å². The first-order chi connectivity index (χ1) is 27.6. The van der Waals surface area contributed by atoms with Crippen LogP contribution in [0.2, 0.25) is 0 Å². The molecule has 0 bridgehead atoms. The zero-order chi connectivity index (χ0) is 41.6. The van der Waals surface area contributed by atoms with Gasteiger partial charge in [-0.1, -0.05) is 28.1 Å². The topological polar surface area (TPSA) is 57.7 Å². The van der Waals surface area contributed by atoms with Gasteiger partial charge >= 0.3 is 6.09 Å². The fourth-order valence-corrected chi connectivity index (χ4v) is 8.18. The zero-order valence-corrected chi connectivity index (χ0v) is 35.5. The van der Waals surface area contributed by atoms with Gasteiger partial charge in [0.05, 0.1) is 0 Å². The minimum Gasteiger partial charge on any atom is -0.489 e. The molecule has 0 N–H and O–H groups in total. The van der Waals surface area contributed by atoms with Crippen LogP contribution in [-0.2, 0) is 17.6 Å². The van der Waals surface area contributed by atoms with E-state index in [4.69, 9.17) is 14.2 Å². The number of carbonyl (C=O) groups is 1. The maximum absolute atomic E-state index is 13.8. The van der Waals surface area contributed by atoms with Crippen LogP contribution in [0.4, 0.5) is 28.0 Å². The molecular weight excluding hydrogens is 816 g/mol. The molecule has 8 nitrogen and oxygen atoms in total. The van der Waals surface area contributed by atoms with Crippen LogP contribution >= 0.6 is 15.9 Å². The van der Waals surface area contributed by atoms with E-state index in [0.717, 1.165) is 61.1 Å². The molecule has 0 spiro atoms. The summed E-state index contributed by atoms with van der Waals surface area (Å²) in [5, 5.41) is 0. The highest BCUT2D eigenvalue weighted by atomic mass is 79.9. The van der Waals surface area contributed by atoms with E-state index in [9.17, 15) is 22.4 Å². The average molecular weight is 870 g/mol. The monoisotopic (exact) mass is 868 g/mol. The Morgan fingerprint density at radius 1 is 0.707 bits per heavy atom. The van der Waals surface area contributed by atoms with E-state index in [0.29, 0.717) is 45.4 Å². The Morgan fingerprint density at radius 3 is 1.71 bits per heavy atom. The summed E-state index contributed by atoms with van der Waals surface area (Å²) in [5.74, 6) is -2.40. The third kappa shape index (κ3) is 11.2. The highest BCUT2D eigenvalue weighted by Gasteiger charge is 2.30. The first-order valence-corrected chi connectivity index (χ1v) is 20.6. The second kappa shape index (κ2) is 19.2. The Hall–Kier alpha value is -4.33. The van der Waals surface area contributed by atoms with Crippen LogP contribution in [0.15, 0.2) is 77.3 Å². The van der Waals surface area contributed by atoms with E-state index in [1.807, 2.05) is 27.8 Å². The minimum absolute atomic E-state index is 0.0689. The first kappa shape index (κ1) is 43.3. The van der Waals surface area contributed by atoms with Crippen molar-refractivity contribution in [2.45, 2.75) is 64.1 Å². The molecule has 3 aliphatic rings. The van der Waals surface area contributed by atoms with Crippen molar-refractivity contribution in [3.8, 4) is 11.5 Å². The van der Waals surface area contributed by atoms with Crippen molar-refractivity contribution in [1.82, 2.24) is 14.7 Å². The predicted octanol–water partition coefficient (Wildman–Crippen LogP) is 9.75. The number of fused-ring (bicyclic) bond motifs is 2. The van der Waals surface area contributed by atoms with Gasteiger partial charge < -0.3 is 24.0 Å². The molecule has 1 aliphatic heterocycles. The summed E-state index contributed by atoms with van der Waals surface area (Å²) in [6.07, 6.45) is 3.94. The molecule has 13 heteroatoms. The standard InChI is InChI=1S/C27H35F2N3O3.C18H18BrF2NO/c1-27(2,3)35-26(33)32-13-11-31(12-14-32)21-8-5-19-6-9-24(22(19)18-21)30(4)15-16-34-25-10-7-20(28)17-23(25)29;1-22(8-9-23-18-7-5-14(20)11-16(18)21)17-6-3-12-2-4-13(19)10-15(12)17/h5,7-8,10,17-18,24H,6,9,11-16H2,1-4H3;2,4-5,7,10-11,17H,3,6,8-9H2,1H3. The number of carbonyl (C=O) groups excluding carboxylic acids is 1. The van der Waals surface area contributed by atoms with Crippen molar-refractivity contribution < 1.29 is 36.6 Å². The quantitative estimate of drug-likeness (QED) is 0.139. The fraction of sp³-hybridized carbons (Fsp3) is 0.444. The van der Waals surface area contributed by atoms with Gasteiger partial charge in [-0.25, -0.2) is 22.4 Å². The number of amides is 1. The van der Waals surface area contributed by atoms with Crippen molar-refractivity contribution in [3.05, 3.63) is 123 Å². The molecule has 1 heterocycles. The third-order valence-electron chi connectivity index (χ3n) is 10.9. The van der Waals surface area contributed by atoms with E-state index in [1.165, 1.54) is 46.5 Å². The van der Waals surface area contributed by atoms with Crippen LogP contribution in [0, 0.1) is 23.3 Å². The first-order valence-electron chi connectivity index (χ1n) is 19.9. The van der Waals surface area contributed by atoms with Crippen molar-refractivity contribution in [2.24, 2.45) is 0 Å². The number of hydrogen-bond donors (Lipinski definition) is 0. The lowest BCUT2D eigenvalue weighted by molar-refractivity contribution is 0.0240. The minimum atomic E-state index is -0.685. The summed E-state index contributed by atoms with van der Waals surface area (Å²) in [7, 11) is 4.10. The second-order valence-electron chi connectivity index (χ2n) is 16.1. The van der Waals surface area contributed by atoms with Gasteiger partial charge in [0.25, 0.3) is 0 Å². The van der Waals surface area contributed by atoms with Gasteiger partial charge in [-0.2, -0.15) is 0 Å². The molecular formula is C45H53BrF4N4O4. The molecule has 1 saturated heterocycles. The van der Waals surface area contributed by atoms with E-state index >= 15 is 0 Å². The summed E-state index contributed by atoms with van der Waals surface area (Å²) < 4.78 is 70.9. The molecule has 4 aromatic rings. The highest BCUT2D eigenvalue weighted by Crippen LogP contribution is 2.38. The summed E-state index contributed by atoms with van der Waals surface area (Å²) >= 11 is 3.52. The Morgan fingerprint density at radius 2 is 1.21 bits per heavy atom. The largest absolute Gasteiger partial charge is 0.489 e. The van der Waals surface area contributed by atoms with E-state index in [2.05, 4.69) is 74.1 Å². The summed E-state index contributed by atoms with van der Waals surface area (Å²) in [4.78, 5) is 20.9. The second-order valence-corrected chi connectivity index (χ2v) is 17.0. The van der Waals surface area contributed by atoms with Gasteiger partial charge in [-0.05, 0) is 131 Å². The molecule has 0 aromatic heterocycles. The van der Waals surface area contributed by atoms with E-state index < -0.39 is 28.9 Å². The number of anilines is 1. The molecule has 312 valence electrons. The lowest BCUT2D eigenvalue weighted by atomic mass is 10.1. The molecule has 58 heavy (non-hydrogen) atoms. The SMILES string of the molecule is CN(CCOc1ccc(F)cc1F)C1CCc2ccc(Br)cc21.CN(CCOc1ccc(F)cc1F)C1CCc2ccc(N3CCN(C(=O)OC(C)(C)C)CC3)cc21. The Bertz CT molecular complexity index is 2040. The predicted molar refractivity (Wildman–Crippen MR) is 222 cm³/mol. The number of aryl methyl sites for hydroxylation is 2. The summed E-state index contributed by atoms with van der Waals surface area (Å²) in [5.41, 5.74) is 6.06. The smallest absolute Gasteiger partial charge is 0.410 e. The van der Waals surface area contributed by atoms with Crippen molar-refractivity contribution >= 4 is 27.7 Å². The molecule has 2 aliphatic carbocycles. The van der Waals surface area contributed by atoms with Gasteiger partial charge in [0, 0.05) is 73.6 Å². The van der Waals surface area contributed by atoms with Crippen molar-refractivity contribution in [1.29, 1.82) is 0 Å². The lowest BCUT2D eigenvalue weighted by Crippen LogP contribution is -2.50. The molecule has 7 rings (SSSR count). The fourth-order valence-electron chi connectivity index (χ4n) is 7.80. The number of nitrogens with zero attached hydrogens (tertiary/aromatic N) is 4. The van der Waals surface area contributed by atoms with Crippen LogP contribution in [0.5, 0.6) is 11.5 Å². The van der Waals surface area contributed by atoms with Gasteiger partial charge in [-0.15, -0.1) is 0 Å². The Kier molecular flexibility index (Phi) is 14.3. The van der Waals surface area contributed by atoms with Gasteiger partial charge in [0.2, 0.25) is 0 Å². The molecule has 1 fully saturated rings. The number of hydrogen-bond acceptors (Lipinski definition) is 7. The number of likely N-dealkylation sites (N-methyl/N-ethyl adjacent to an activating group) is 2. The average Bonchev–Trinajstić information content (AvgIpc) is 3.80. The number of piperazine rings is 1. The maximum atomic E-state index is 13.8. The van der Waals surface area contributed by atoms with Crippen molar-refractivity contribution in [3.63, 3.8) is 0 Å². The molecule has 0 saturated carbocycles. The lowest BCUT2D eigenvalue weighted by Gasteiger charge is -2.37. The molecule has 2 unspecified atom stereocenters. The molecule has 0 radical (unpaired) electrons.